The van der Waals surface area contributed by atoms with Crippen LogP contribution in [0.5, 0.6) is 0 Å². The molecule has 0 spiro atoms. The molecule has 0 aromatic heterocycles. The molecule has 2 N–H and O–H groups in total. The predicted octanol–water partition coefficient (Wildman–Crippen LogP) is 3.88. The van der Waals surface area contributed by atoms with Gasteiger partial charge in [-0.3, -0.25) is 0 Å². The standard InChI is InChI=1S/C16H26N2S/c1-4-19-16-7-5-6-15(14(16)10-17)18(12(2)3)11-13-8-9-13/h5-7,12-13H,4,8-11,17H2,1-3H3. The van der Waals surface area contributed by atoms with E-state index in [-0.39, 0.29) is 0 Å². The van der Waals surface area contributed by atoms with Crippen LogP contribution in [0.4, 0.5) is 5.69 Å². The summed E-state index contributed by atoms with van der Waals surface area (Å²) in [6, 6.07) is 7.15. The molecule has 1 saturated carbocycles. The van der Waals surface area contributed by atoms with Gasteiger partial charge in [0.15, 0.2) is 0 Å². The van der Waals surface area contributed by atoms with Crippen LogP contribution in [0.3, 0.4) is 0 Å². The van der Waals surface area contributed by atoms with E-state index in [1.165, 1.54) is 35.5 Å². The van der Waals surface area contributed by atoms with Crippen molar-refractivity contribution in [2.75, 3.05) is 17.2 Å². The Morgan fingerprint density at radius 2 is 2.11 bits per heavy atom. The summed E-state index contributed by atoms with van der Waals surface area (Å²) in [6.45, 7) is 8.57. The third-order valence-corrected chi connectivity index (χ3v) is 4.68. The first-order valence-corrected chi connectivity index (χ1v) is 8.37. The summed E-state index contributed by atoms with van der Waals surface area (Å²) in [4.78, 5) is 3.89. The Balaban J connectivity index is 2.31. The average Bonchev–Trinajstić information content (AvgIpc) is 3.20. The van der Waals surface area contributed by atoms with Crippen molar-refractivity contribution in [1.29, 1.82) is 0 Å². The summed E-state index contributed by atoms with van der Waals surface area (Å²) in [5.41, 5.74) is 8.70. The van der Waals surface area contributed by atoms with E-state index in [2.05, 4.69) is 43.9 Å². The molecular formula is C16H26N2S. The van der Waals surface area contributed by atoms with Gasteiger partial charge in [-0.15, -0.1) is 11.8 Å². The maximum Gasteiger partial charge on any atom is 0.0425 e. The highest BCUT2D eigenvalue weighted by Crippen LogP contribution is 2.36. The summed E-state index contributed by atoms with van der Waals surface area (Å²) in [5, 5.41) is 0. The third kappa shape index (κ3) is 3.67. The van der Waals surface area contributed by atoms with Crippen LogP contribution in [0.2, 0.25) is 0 Å². The number of nitrogens with two attached hydrogens (primary N) is 1. The fourth-order valence-corrected chi connectivity index (χ4v) is 3.33. The van der Waals surface area contributed by atoms with Crippen molar-refractivity contribution in [2.45, 2.75) is 51.1 Å². The van der Waals surface area contributed by atoms with Gasteiger partial charge in [0.2, 0.25) is 0 Å². The second-order valence-electron chi connectivity index (χ2n) is 5.58. The lowest BCUT2D eigenvalue weighted by atomic mass is 10.1. The number of hydrogen-bond acceptors (Lipinski definition) is 3. The molecule has 0 atom stereocenters. The van der Waals surface area contributed by atoms with Crippen LogP contribution in [-0.4, -0.2) is 18.3 Å². The number of rotatable bonds is 7. The van der Waals surface area contributed by atoms with Gasteiger partial charge in [0.25, 0.3) is 0 Å². The number of anilines is 1. The van der Waals surface area contributed by atoms with Crippen molar-refractivity contribution in [3.05, 3.63) is 23.8 Å². The van der Waals surface area contributed by atoms with E-state index in [9.17, 15) is 0 Å². The van der Waals surface area contributed by atoms with Crippen molar-refractivity contribution < 1.29 is 0 Å². The molecule has 106 valence electrons. The minimum absolute atomic E-state index is 0.535. The number of hydrogen-bond donors (Lipinski definition) is 1. The smallest absolute Gasteiger partial charge is 0.0425 e. The van der Waals surface area contributed by atoms with E-state index < -0.39 is 0 Å². The van der Waals surface area contributed by atoms with E-state index in [0.29, 0.717) is 12.6 Å². The fourth-order valence-electron chi connectivity index (χ4n) is 2.48. The van der Waals surface area contributed by atoms with Crippen LogP contribution in [-0.2, 0) is 6.54 Å². The molecule has 0 amide bonds. The second kappa shape index (κ2) is 6.67. The van der Waals surface area contributed by atoms with Crippen molar-refractivity contribution in [3.8, 4) is 0 Å². The van der Waals surface area contributed by atoms with Crippen molar-refractivity contribution in [2.24, 2.45) is 11.7 Å². The monoisotopic (exact) mass is 278 g/mol. The summed E-state index contributed by atoms with van der Waals surface area (Å²) in [6.07, 6.45) is 2.79. The minimum Gasteiger partial charge on any atom is -0.369 e. The van der Waals surface area contributed by atoms with Gasteiger partial charge in [0.1, 0.15) is 0 Å². The molecule has 0 aliphatic heterocycles. The quantitative estimate of drug-likeness (QED) is 0.767. The van der Waals surface area contributed by atoms with Crippen molar-refractivity contribution in [3.63, 3.8) is 0 Å². The lowest BCUT2D eigenvalue weighted by molar-refractivity contribution is 0.640. The van der Waals surface area contributed by atoms with E-state index >= 15 is 0 Å². The van der Waals surface area contributed by atoms with E-state index in [1.54, 1.807) is 0 Å². The first kappa shape index (κ1) is 14.7. The van der Waals surface area contributed by atoms with Gasteiger partial charge < -0.3 is 10.6 Å². The highest BCUT2D eigenvalue weighted by Gasteiger charge is 2.26. The Morgan fingerprint density at radius 3 is 2.63 bits per heavy atom. The third-order valence-electron chi connectivity index (χ3n) is 3.70. The van der Waals surface area contributed by atoms with E-state index in [1.807, 2.05) is 11.8 Å². The van der Waals surface area contributed by atoms with Crippen LogP contribution in [0, 0.1) is 5.92 Å². The molecule has 1 aliphatic rings. The zero-order chi connectivity index (χ0) is 13.8. The zero-order valence-corrected chi connectivity index (χ0v) is 13.2. The largest absolute Gasteiger partial charge is 0.369 e. The summed E-state index contributed by atoms with van der Waals surface area (Å²) >= 11 is 1.90. The van der Waals surface area contributed by atoms with Crippen LogP contribution in [0.15, 0.2) is 23.1 Å². The fraction of sp³-hybridized carbons (Fsp3) is 0.625. The van der Waals surface area contributed by atoms with Crippen molar-refractivity contribution in [1.82, 2.24) is 0 Å². The Labute approximate surface area is 121 Å². The van der Waals surface area contributed by atoms with E-state index in [4.69, 9.17) is 5.73 Å². The van der Waals surface area contributed by atoms with Crippen molar-refractivity contribution >= 4 is 17.4 Å². The van der Waals surface area contributed by atoms with Crippen LogP contribution >= 0.6 is 11.8 Å². The van der Waals surface area contributed by atoms with Gasteiger partial charge in [-0.1, -0.05) is 13.0 Å². The molecule has 0 radical (unpaired) electrons. The molecule has 1 aliphatic carbocycles. The molecule has 19 heavy (non-hydrogen) atoms. The average molecular weight is 278 g/mol. The lowest BCUT2D eigenvalue weighted by Crippen LogP contribution is -2.33. The number of thioether (sulfide) groups is 1. The van der Waals surface area contributed by atoms with Gasteiger partial charge in [-0.25, -0.2) is 0 Å². The lowest BCUT2D eigenvalue weighted by Gasteiger charge is -2.31. The first-order chi connectivity index (χ1) is 9.17. The van der Waals surface area contributed by atoms with Gasteiger partial charge in [0.05, 0.1) is 0 Å². The highest BCUT2D eigenvalue weighted by atomic mass is 32.2. The molecule has 1 aromatic carbocycles. The summed E-state index contributed by atoms with van der Waals surface area (Å²) < 4.78 is 0. The summed E-state index contributed by atoms with van der Waals surface area (Å²) in [7, 11) is 0. The van der Waals surface area contributed by atoms with Crippen LogP contribution in [0.25, 0.3) is 0 Å². The Bertz CT molecular complexity index is 413. The number of benzene rings is 1. The minimum atomic E-state index is 0.535. The van der Waals surface area contributed by atoms with Gasteiger partial charge in [-0.2, -0.15) is 0 Å². The molecular weight excluding hydrogens is 252 g/mol. The maximum atomic E-state index is 6.03. The van der Waals surface area contributed by atoms with Gasteiger partial charge in [-0.05, 0) is 50.5 Å². The molecule has 0 unspecified atom stereocenters. The molecule has 0 heterocycles. The Hall–Kier alpha value is -0.670. The molecule has 2 rings (SSSR count). The molecule has 1 fully saturated rings. The Morgan fingerprint density at radius 1 is 1.37 bits per heavy atom. The topological polar surface area (TPSA) is 29.3 Å². The molecule has 2 nitrogen and oxygen atoms in total. The zero-order valence-electron chi connectivity index (χ0n) is 12.4. The predicted molar refractivity (Wildman–Crippen MR) is 85.9 cm³/mol. The summed E-state index contributed by atoms with van der Waals surface area (Å²) in [5.74, 6) is 2.00. The van der Waals surface area contributed by atoms with E-state index in [0.717, 1.165) is 11.7 Å². The Kier molecular flexibility index (Phi) is 5.17. The molecule has 0 saturated heterocycles. The molecule has 3 heteroatoms. The molecule has 0 bridgehead atoms. The first-order valence-electron chi connectivity index (χ1n) is 7.38. The SMILES string of the molecule is CCSc1cccc(N(CC2CC2)C(C)C)c1CN. The molecule has 1 aromatic rings. The van der Waals surface area contributed by atoms with Gasteiger partial charge >= 0.3 is 0 Å². The van der Waals surface area contributed by atoms with Gasteiger partial charge in [0, 0.05) is 35.3 Å². The maximum absolute atomic E-state index is 6.03. The van der Waals surface area contributed by atoms with Crippen LogP contribution < -0.4 is 10.6 Å². The second-order valence-corrected chi connectivity index (χ2v) is 6.89. The number of nitrogens with zero attached hydrogens (tertiary/aromatic N) is 1. The normalized spacial score (nSPS) is 15.0. The van der Waals surface area contributed by atoms with Crippen LogP contribution in [0.1, 0.15) is 39.2 Å². The highest BCUT2D eigenvalue weighted by molar-refractivity contribution is 7.99.